The SMILES string of the molecule is O=C(Nc1ccc(C(O)N2CC(O)(c3ccccc3)C2)s1)[C@@H]1CCCN1. The number of amides is 1. The second-order valence-corrected chi connectivity index (χ2v) is 8.13. The minimum absolute atomic E-state index is 0.0206. The molecule has 2 atom stereocenters. The molecule has 0 aliphatic carbocycles. The third-order valence-electron chi connectivity index (χ3n) is 5.09. The Kier molecular flexibility index (Phi) is 4.81. The normalized spacial score (nSPS) is 23.4. The number of carbonyl (C=O) groups is 1. The predicted octanol–water partition coefficient (Wildman–Crippen LogP) is 1.63. The highest BCUT2D eigenvalue weighted by molar-refractivity contribution is 7.16. The maximum atomic E-state index is 12.2. The summed E-state index contributed by atoms with van der Waals surface area (Å²) in [5.41, 5.74) is -0.0448. The number of benzene rings is 1. The van der Waals surface area contributed by atoms with Crippen molar-refractivity contribution in [1.82, 2.24) is 10.2 Å². The Morgan fingerprint density at radius 1 is 1.27 bits per heavy atom. The van der Waals surface area contributed by atoms with Crippen molar-refractivity contribution in [1.29, 1.82) is 0 Å². The van der Waals surface area contributed by atoms with E-state index in [-0.39, 0.29) is 11.9 Å². The Morgan fingerprint density at radius 2 is 2.04 bits per heavy atom. The number of hydrogen-bond donors (Lipinski definition) is 4. The molecule has 0 saturated carbocycles. The van der Waals surface area contributed by atoms with Gasteiger partial charge < -0.3 is 20.8 Å². The van der Waals surface area contributed by atoms with Crippen LogP contribution in [0.25, 0.3) is 0 Å². The van der Waals surface area contributed by atoms with Crippen LogP contribution in [0.5, 0.6) is 0 Å². The van der Waals surface area contributed by atoms with Crippen LogP contribution in [0.2, 0.25) is 0 Å². The van der Waals surface area contributed by atoms with Crippen LogP contribution in [0.4, 0.5) is 5.00 Å². The molecule has 2 saturated heterocycles. The average Bonchev–Trinajstić information content (AvgIpc) is 3.31. The third kappa shape index (κ3) is 3.41. The van der Waals surface area contributed by atoms with Gasteiger partial charge in [0.25, 0.3) is 0 Å². The summed E-state index contributed by atoms with van der Waals surface area (Å²) in [4.78, 5) is 14.7. The maximum Gasteiger partial charge on any atom is 0.242 e. The molecule has 1 aromatic heterocycles. The van der Waals surface area contributed by atoms with Gasteiger partial charge in [-0.3, -0.25) is 9.69 Å². The number of nitrogens with zero attached hydrogens (tertiary/aromatic N) is 1. The summed E-state index contributed by atoms with van der Waals surface area (Å²) in [5, 5.41) is 28.1. The minimum Gasteiger partial charge on any atom is -0.382 e. The van der Waals surface area contributed by atoms with E-state index in [9.17, 15) is 15.0 Å². The van der Waals surface area contributed by atoms with Crippen LogP contribution in [0.1, 0.15) is 29.5 Å². The monoisotopic (exact) mass is 373 g/mol. The summed E-state index contributed by atoms with van der Waals surface area (Å²) < 4.78 is 0. The van der Waals surface area contributed by atoms with E-state index in [1.54, 1.807) is 0 Å². The lowest BCUT2D eigenvalue weighted by molar-refractivity contribution is -0.166. The Labute approximate surface area is 156 Å². The summed E-state index contributed by atoms with van der Waals surface area (Å²) in [5.74, 6) is -0.0206. The summed E-state index contributed by atoms with van der Waals surface area (Å²) in [6, 6.07) is 13.0. The van der Waals surface area contributed by atoms with Crippen LogP contribution in [0.3, 0.4) is 0 Å². The molecule has 1 amide bonds. The molecular weight excluding hydrogens is 350 g/mol. The molecule has 2 aliphatic heterocycles. The van der Waals surface area contributed by atoms with Gasteiger partial charge in [-0.15, -0.1) is 11.3 Å². The lowest BCUT2D eigenvalue weighted by atomic mass is 9.86. The zero-order valence-electron chi connectivity index (χ0n) is 14.4. The number of aliphatic hydroxyl groups is 2. The molecule has 7 heteroatoms. The van der Waals surface area contributed by atoms with E-state index in [0.717, 1.165) is 34.8 Å². The fraction of sp³-hybridized carbons (Fsp3) is 0.421. The average molecular weight is 373 g/mol. The number of hydrogen-bond acceptors (Lipinski definition) is 6. The molecule has 2 aliphatic rings. The van der Waals surface area contributed by atoms with Gasteiger partial charge in [-0.05, 0) is 37.1 Å². The van der Waals surface area contributed by atoms with Crippen LogP contribution < -0.4 is 10.6 Å². The van der Waals surface area contributed by atoms with Crippen molar-refractivity contribution in [3.8, 4) is 0 Å². The zero-order chi connectivity index (χ0) is 18.1. The van der Waals surface area contributed by atoms with E-state index < -0.39 is 11.8 Å². The van der Waals surface area contributed by atoms with Crippen LogP contribution in [-0.2, 0) is 10.4 Å². The van der Waals surface area contributed by atoms with Crippen LogP contribution in [-0.4, -0.2) is 46.7 Å². The van der Waals surface area contributed by atoms with Gasteiger partial charge in [-0.1, -0.05) is 30.3 Å². The fourth-order valence-corrected chi connectivity index (χ4v) is 4.52. The predicted molar refractivity (Wildman–Crippen MR) is 101 cm³/mol. The lowest BCUT2D eigenvalue weighted by Gasteiger charge is -2.48. The molecule has 0 spiro atoms. The Morgan fingerprint density at radius 3 is 2.73 bits per heavy atom. The van der Waals surface area contributed by atoms with Crippen LogP contribution in [0.15, 0.2) is 42.5 Å². The Bertz CT molecular complexity index is 767. The highest BCUT2D eigenvalue weighted by Crippen LogP contribution is 2.38. The number of β-amino-alcohol motifs (C(OH)–C–C–N with tert-alkyl or cyclic N) is 1. The van der Waals surface area contributed by atoms with E-state index in [4.69, 9.17) is 0 Å². The highest BCUT2D eigenvalue weighted by atomic mass is 32.1. The van der Waals surface area contributed by atoms with Crippen molar-refractivity contribution in [2.24, 2.45) is 0 Å². The summed E-state index contributed by atoms with van der Waals surface area (Å²) >= 11 is 1.37. The Hall–Kier alpha value is -1.77. The van der Waals surface area contributed by atoms with Crippen molar-refractivity contribution in [2.45, 2.75) is 30.7 Å². The third-order valence-corrected chi connectivity index (χ3v) is 6.13. The molecular formula is C19H23N3O3S. The molecule has 26 heavy (non-hydrogen) atoms. The number of rotatable bonds is 5. The topological polar surface area (TPSA) is 84.8 Å². The number of anilines is 1. The second kappa shape index (κ2) is 7.09. The number of carbonyl (C=O) groups excluding carboxylic acids is 1. The fourth-order valence-electron chi connectivity index (χ4n) is 3.59. The van der Waals surface area contributed by atoms with Gasteiger partial charge in [-0.2, -0.15) is 0 Å². The molecule has 2 aromatic rings. The van der Waals surface area contributed by atoms with Crippen LogP contribution in [0, 0.1) is 0 Å². The summed E-state index contributed by atoms with van der Waals surface area (Å²) in [6.45, 7) is 1.64. The summed E-state index contributed by atoms with van der Waals surface area (Å²) in [7, 11) is 0. The van der Waals surface area contributed by atoms with Gasteiger partial charge in [-0.25, -0.2) is 0 Å². The smallest absolute Gasteiger partial charge is 0.242 e. The number of thiophene rings is 1. The second-order valence-electron chi connectivity index (χ2n) is 7.02. The summed E-state index contributed by atoms with van der Waals surface area (Å²) in [6.07, 6.45) is 1.10. The first-order valence-electron chi connectivity index (χ1n) is 8.89. The molecule has 1 unspecified atom stereocenters. The van der Waals surface area contributed by atoms with E-state index >= 15 is 0 Å². The first-order valence-corrected chi connectivity index (χ1v) is 9.71. The molecule has 1 aromatic carbocycles. The molecule has 138 valence electrons. The molecule has 0 bridgehead atoms. The van der Waals surface area contributed by atoms with E-state index in [1.165, 1.54) is 11.3 Å². The van der Waals surface area contributed by atoms with E-state index in [2.05, 4.69) is 10.6 Å². The maximum absolute atomic E-state index is 12.2. The largest absolute Gasteiger partial charge is 0.382 e. The Balaban J connectivity index is 1.35. The van der Waals surface area contributed by atoms with Crippen molar-refractivity contribution in [3.63, 3.8) is 0 Å². The molecule has 4 N–H and O–H groups in total. The van der Waals surface area contributed by atoms with Gasteiger partial charge in [0.2, 0.25) is 5.91 Å². The van der Waals surface area contributed by atoms with Gasteiger partial charge >= 0.3 is 0 Å². The minimum atomic E-state index is -0.912. The van der Waals surface area contributed by atoms with Gasteiger partial charge in [0.05, 0.1) is 15.9 Å². The highest BCUT2D eigenvalue weighted by Gasteiger charge is 2.45. The van der Waals surface area contributed by atoms with Gasteiger partial charge in [0, 0.05) is 13.1 Å². The van der Waals surface area contributed by atoms with Crippen molar-refractivity contribution in [3.05, 3.63) is 52.9 Å². The molecule has 3 heterocycles. The molecule has 6 nitrogen and oxygen atoms in total. The van der Waals surface area contributed by atoms with Gasteiger partial charge in [0.15, 0.2) is 0 Å². The van der Waals surface area contributed by atoms with Crippen LogP contribution >= 0.6 is 11.3 Å². The number of nitrogens with one attached hydrogen (secondary N) is 2. The molecule has 4 rings (SSSR count). The van der Waals surface area contributed by atoms with Crippen molar-refractivity contribution >= 4 is 22.2 Å². The quantitative estimate of drug-likeness (QED) is 0.640. The number of likely N-dealkylation sites (tertiary alicyclic amines) is 1. The standard InChI is InChI=1S/C19H23N3O3S/c23-17(14-7-4-10-20-14)21-16-9-8-15(26-16)18(24)22-11-19(25,12-22)13-5-2-1-3-6-13/h1-3,5-6,8-9,14,18,20,24-25H,4,7,10-12H2,(H,21,23)/t14-,18?/m0/s1. The zero-order valence-corrected chi connectivity index (χ0v) is 15.2. The first kappa shape index (κ1) is 17.6. The van der Waals surface area contributed by atoms with E-state index in [0.29, 0.717) is 13.1 Å². The van der Waals surface area contributed by atoms with Crippen molar-refractivity contribution in [2.75, 3.05) is 25.0 Å². The van der Waals surface area contributed by atoms with Gasteiger partial charge in [0.1, 0.15) is 11.8 Å². The van der Waals surface area contributed by atoms with E-state index in [1.807, 2.05) is 47.4 Å². The first-order chi connectivity index (χ1) is 12.5. The van der Waals surface area contributed by atoms with Crippen molar-refractivity contribution < 1.29 is 15.0 Å². The molecule has 0 radical (unpaired) electrons. The molecule has 2 fully saturated rings. The number of aliphatic hydroxyl groups excluding tert-OH is 1. The lowest BCUT2D eigenvalue weighted by Crippen LogP contribution is -2.60.